The second-order valence-corrected chi connectivity index (χ2v) is 4.23. The van der Waals surface area contributed by atoms with Gasteiger partial charge in [0.05, 0.1) is 5.56 Å². The van der Waals surface area contributed by atoms with Gasteiger partial charge in [0, 0.05) is 22.8 Å². The highest BCUT2D eigenvalue weighted by Crippen LogP contribution is 2.25. The van der Waals surface area contributed by atoms with Gasteiger partial charge in [0.2, 0.25) is 0 Å². The number of nitrogens with zero attached hydrogens (tertiary/aromatic N) is 2. The fraction of sp³-hybridized carbons (Fsp3) is 0.333. The van der Waals surface area contributed by atoms with Crippen molar-refractivity contribution in [2.45, 2.75) is 18.5 Å². The number of nitrogens with two attached hydrogens (primary N) is 1. The van der Waals surface area contributed by atoms with Gasteiger partial charge in [0.25, 0.3) is 0 Å². The largest absolute Gasteiger partial charge is 0.365 e. The minimum Gasteiger partial charge on any atom is -0.365 e. The normalized spacial score (nSPS) is 24.1. The zero-order valence-corrected chi connectivity index (χ0v) is 8.95. The molecule has 1 aliphatic carbocycles. The molecule has 1 aliphatic rings. The molecule has 2 rings (SSSR count). The molecule has 2 atom stereocenters. The summed E-state index contributed by atoms with van der Waals surface area (Å²) in [6.07, 6.45) is 2.61. The Kier molecular flexibility index (Phi) is 2.40. The molecule has 2 unspecified atom stereocenters. The molecule has 72 valence electrons. The van der Waals surface area contributed by atoms with Crippen molar-refractivity contribution in [2.75, 3.05) is 5.32 Å². The lowest BCUT2D eigenvalue weighted by Gasteiger charge is -2.05. The minimum absolute atomic E-state index is 0.201. The summed E-state index contributed by atoms with van der Waals surface area (Å²) >= 11 is 3.26. The molecule has 3 N–H and O–H groups in total. The Morgan fingerprint density at radius 2 is 2.43 bits per heavy atom. The van der Waals surface area contributed by atoms with E-state index in [0.717, 1.165) is 10.9 Å². The standard InChI is InChI=1S/C9H9BrN4/c10-6-1-5(3-11)9(13-4-6)14-8-2-7(8)12/h1,4,7-8H,2,12H2,(H,13,14). The van der Waals surface area contributed by atoms with E-state index in [4.69, 9.17) is 11.0 Å². The van der Waals surface area contributed by atoms with Crippen LogP contribution < -0.4 is 11.1 Å². The van der Waals surface area contributed by atoms with E-state index in [9.17, 15) is 0 Å². The summed E-state index contributed by atoms with van der Waals surface area (Å²) in [6, 6.07) is 4.30. The van der Waals surface area contributed by atoms with Gasteiger partial charge >= 0.3 is 0 Å². The van der Waals surface area contributed by atoms with Gasteiger partial charge in [-0.3, -0.25) is 0 Å². The second-order valence-electron chi connectivity index (χ2n) is 3.31. The summed E-state index contributed by atoms with van der Waals surface area (Å²) in [6.45, 7) is 0. The van der Waals surface area contributed by atoms with Crippen LogP contribution in [-0.4, -0.2) is 17.1 Å². The highest BCUT2D eigenvalue weighted by Gasteiger charge is 2.34. The second kappa shape index (κ2) is 3.56. The number of nitriles is 1. The van der Waals surface area contributed by atoms with Crippen LogP contribution in [0.1, 0.15) is 12.0 Å². The lowest BCUT2D eigenvalue weighted by atomic mass is 10.3. The van der Waals surface area contributed by atoms with Crippen LogP contribution in [0, 0.1) is 11.3 Å². The predicted molar refractivity (Wildman–Crippen MR) is 56.7 cm³/mol. The van der Waals surface area contributed by atoms with E-state index in [1.54, 1.807) is 12.3 Å². The van der Waals surface area contributed by atoms with Crippen LogP contribution in [0.25, 0.3) is 0 Å². The minimum atomic E-state index is 0.201. The first-order valence-electron chi connectivity index (χ1n) is 4.28. The molecule has 5 heteroatoms. The quantitative estimate of drug-likeness (QED) is 0.831. The third-order valence-corrected chi connectivity index (χ3v) is 2.57. The van der Waals surface area contributed by atoms with Crippen molar-refractivity contribution in [1.82, 2.24) is 4.98 Å². The molecule has 14 heavy (non-hydrogen) atoms. The van der Waals surface area contributed by atoms with Gasteiger partial charge in [0.15, 0.2) is 0 Å². The van der Waals surface area contributed by atoms with E-state index in [1.807, 2.05) is 0 Å². The summed E-state index contributed by atoms with van der Waals surface area (Å²) in [5.41, 5.74) is 6.19. The average Bonchev–Trinajstić information content (AvgIpc) is 2.85. The lowest BCUT2D eigenvalue weighted by Crippen LogP contribution is -2.14. The van der Waals surface area contributed by atoms with Crippen LogP contribution >= 0.6 is 15.9 Å². The molecule has 1 saturated carbocycles. The van der Waals surface area contributed by atoms with E-state index < -0.39 is 0 Å². The van der Waals surface area contributed by atoms with E-state index >= 15 is 0 Å². The number of halogens is 1. The average molecular weight is 253 g/mol. The van der Waals surface area contributed by atoms with Crippen molar-refractivity contribution in [3.63, 3.8) is 0 Å². The summed E-state index contributed by atoms with van der Waals surface area (Å²) < 4.78 is 0.805. The smallest absolute Gasteiger partial charge is 0.144 e. The Morgan fingerprint density at radius 3 is 3.00 bits per heavy atom. The van der Waals surface area contributed by atoms with E-state index in [-0.39, 0.29) is 12.1 Å². The molecule has 0 aliphatic heterocycles. The zero-order chi connectivity index (χ0) is 10.1. The van der Waals surface area contributed by atoms with Gasteiger partial charge in [-0.25, -0.2) is 4.98 Å². The molecule has 1 aromatic heterocycles. The molecule has 1 heterocycles. The van der Waals surface area contributed by atoms with Crippen molar-refractivity contribution in [2.24, 2.45) is 5.73 Å². The maximum atomic E-state index is 8.86. The first-order chi connectivity index (χ1) is 6.70. The van der Waals surface area contributed by atoms with Crippen LogP contribution in [-0.2, 0) is 0 Å². The number of anilines is 1. The van der Waals surface area contributed by atoms with E-state index in [2.05, 4.69) is 32.3 Å². The number of aromatic nitrogens is 1. The van der Waals surface area contributed by atoms with Crippen molar-refractivity contribution in [3.8, 4) is 6.07 Å². The van der Waals surface area contributed by atoms with Gasteiger partial charge in [-0.1, -0.05) is 0 Å². The van der Waals surface area contributed by atoms with Crippen molar-refractivity contribution in [1.29, 1.82) is 5.26 Å². The zero-order valence-electron chi connectivity index (χ0n) is 7.37. The van der Waals surface area contributed by atoms with Crippen LogP contribution in [0.4, 0.5) is 5.82 Å². The molecule has 0 amide bonds. The predicted octanol–water partition coefficient (Wildman–Crippen LogP) is 1.23. The molecular formula is C9H9BrN4. The molecule has 0 spiro atoms. The summed E-state index contributed by atoms with van der Waals surface area (Å²) in [5.74, 6) is 0.619. The van der Waals surface area contributed by atoms with Crippen LogP contribution in [0.3, 0.4) is 0 Å². The molecule has 1 fully saturated rings. The van der Waals surface area contributed by atoms with E-state index in [1.165, 1.54) is 0 Å². The van der Waals surface area contributed by atoms with Crippen LogP contribution in [0.15, 0.2) is 16.7 Å². The Labute approximate surface area is 90.3 Å². The monoisotopic (exact) mass is 252 g/mol. The number of hydrogen-bond acceptors (Lipinski definition) is 4. The summed E-state index contributed by atoms with van der Waals surface area (Å²) in [4.78, 5) is 4.13. The van der Waals surface area contributed by atoms with Crippen molar-refractivity contribution < 1.29 is 0 Å². The van der Waals surface area contributed by atoms with Gasteiger partial charge in [-0.2, -0.15) is 5.26 Å². The van der Waals surface area contributed by atoms with Gasteiger partial charge in [-0.05, 0) is 28.4 Å². The number of pyridine rings is 1. The number of rotatable bonds is 2. The fourth-order valence-corrected chi connectivity index (χ4v) is 1.53. The molecule has 1 aromatic rings. The first kappa shape index (κ1) is 9.44. The van der Waals surface area contributed by atoms with Crippen molar-refractivity contribution >= 4 is 21.7 Å². The Bertz CT molecular complexity index is 398. The van der Waals surface area contributed by atoms with Gasteiger partial charge in [0.1, 0.15) is 11.9 Å². The third kappa shape index (κ3) is 1.86. The maximum Gasteiger partial charge on any atom is 0.144 e. The summed E-state index contributed by atoms with van der Waals surface area (Å²) in [7, 11) is 0. The SMILES string of the molecule is N#Cc1cc(Br)cnc1NC1CC1N. The van der Waals surface area contributed by atoms with Crippen LogP contribution in [0.2, 0.25) is 0 Å². The Balaban J connectivity index is 2.20. The van der Waals surface area contributed by atoms with E-state index in [0.29, 0.717) is 11.4 Å². The first-order valence-corrected chi connectivity index (χ1v) is 5.08. The molecule has 0 radical (unpaired) electrons. The van der Waals surface area contributed by atoms with Crippen molar-refractivity contribution in [3.05, 3.63) is 22.3 Å². The molecule has 4 nitrogen and oxygen atoms in total. The molecule has 0 aromatic carbocycles. The molecule has 0 bridgehead atoms. The third-order valence-electron chi connectivity index (χ3n) is 2.14. The lowest BCUT2D eigenvalue weighted by molar-refractivity contribution is 0.994. The number of hydrogen-bond donors (Lipinski definition) is 2. The summed E-state index contributed by atoms with van der Waals surface area (Å²) in [5, 5.41) is 12.0. The van der Waals surface area contributed by atoms with Crippen LogP contribution in [0.5, 0.6) is 0 Å². The fourth-order valence-electron chi connectivity index (χ4n) is 1.20. The van der Waals surface area contributed by atoms with Gasteiger partial charge < -0.3 is 11.1 Å². The number of nitrogens with one attached hydrogen (secondary N) is 1. The topological polar surface area (TPSA) is 74.7 Å². The highest BCUT2D eigenvalue weighted by molar-refractivity contribution is 9.10. The molecular weight excluding hydrogens is 244 g/mol. The maximum absolute atomic E-state index is 8.86. The Morgan fingerprint density at radius 1 is 1.71 bits per heavy atom. The molecule has 0 saturated heterocycles. The van der Waals surface area contributed by atoms with Gasteiger partial charge in [-0.15, -0.1) is 0 Å². The highest BCUT2D eigenvalue weighted by atomic mass is 79.9. The Hall–Kier alpha value is -1.12.